The monoisotopic (exact) mass is 216 g/mol. The minimum absolute atomic E-state index is 0.258. The number of rotatable bonds is 5. The molecule has 0 fully saturated rings. The summed E-state index contributed by atoms with van der Waals surface area (Å²) in [7, 11) is 0. The molecule has 0 aromatic heterocycles. The highest BCUT2D eigenvalue weighted by Crippen LogP contribution is 2.34. The molecule has 0 aromatic carbocycles. The molecular formula is C11H20O4. The van der Waals surface area contributed by atoms with Gasteiger partial charge in [0, 0.05) is 0 Å². The lowest BCUT2D eigenvalue weighted by Crippen LogP contribution is -2.36. The van der Waals surface area contributed by atoms with Crippen molar-refractivity contribution in [1.82, 2.24) is 0 Å². The van der Waals surface area contributed by atoms with Crippen LogP contribution in [0.15, 0.2) is 0 Å². The standard InChI is InChI=1S/C11H20O4/c1-6-15-9(14)11(4,5)7-10(2,3)8(12)13/h6-7H2,1-5H3,(H,12,13). The Balaban J connectivity index is 4.63. The maximum atomic E-state index is 11.5. The Hall–Kier alpha value is -1.06. The van der Waals surface area contributed by atoms with Gasteiger partial charge in [0.15, 0.2) is 0 Å². The van der Waals surface area contributed by atoms with E-state index in [0.29, 0.717) is 6.61 Å². The first-order valence-corrected chi connectivity index (χ1v) is 5.04. The molecule has 88 valence electrons. The first-order chi connectivity index (χ1) is 6.63. The van der Waals surface area contributed by atoms with Crippen molar-refractivity contribution < 1.29 is 19.4 Å². The third-order valence-corrected chi connectivity index (χ3v) is 2.29. The van der Waals surface area contributed by atoms with Crippen LogP contribution in [0.5, 0.6) is 0 Å². The van der Waals surface area contributed by atoms with E-state index in [-0.39, 0.29) is 12.4 Å². The summed E-state index contributed by atoms with van der Waals surface area (Å²) < 4.78 is 4.90. The molecule has 0 spiro atoms. The number of esters is 1. The molecule has 0 rings (SSSR count). The number of aliphatic carboxylic acids is 1. The van der Waals surface area contributed by atoms with Crippen LogP contribution in [0.1, 0.15) is 41.0 Å². The highest BCUT2D eigenvalue weighted by atomic mass is 16.5. The minimum atomic E-state index is -0.920. The molecule has 0 aliphatic heterocycles. The van der Waals surface area contributed by atoms with Gasteiger partial charge >= 0.3 is 11.9 Å². The van der Waals surface area contributed by atoms with Crippen LogP contribution in [0.3, 0.4) is 0 Å². The van der Waals surface area contributed by atoms with Gasteiger partial charge in [0.25, 0.3) is 0 Å². The highest BCUT2D eigenvalue weighted by Gasteiger charge is 2.39. The summed E-state index contributed by atoms with van der Waals surface area (Å²) in [5.41, 5.74) is -1.69. The summed E-state index contributed by atoms with van der Waals surface area (Å²) in [6.07, 6.45) is 0.258. The van der Waals surface area contributed by atoms with Gasteiger partial charge in [-0.05, 0) is 41.0 Å². The molecule has 0 atom stereocenters. The Morgan fingerprint density at radius 2 is 1.60 bits per heavy atom. The molecule has 0 saturated carbocycles. The highest BCUT2D eigenvalue weighted by molar-refractivity contribution is 5.79. The van der Waals surface area contributed by atoms with Gasteiger partial charge in [-0.15, -0.1) is 0 Å². The number of hydrogen-bond donors (Lipinski definition) is 1. The molecule has 4 heteroatoms. The van der Waals surface area contributed by atoms with E-state index in [1.54, 1.807) is 34.6 Å². The maximum absolute atomic E-state index is 11.5. The molecule has 0 bridgehead atoms. The van der Waals surface area contributed by atoms with Crippen molar-refractivity contribution in [2.75, 3.05) is 6.61 Å². The normalized spacial score (nSPS) is 12.3. The molecule has 0 heterocycles. The molecule has 0 aliphatic rings. The summed E-state index contributed by atoms with van der Waals surface area (Å²) >= 11 is 0. The van der Waals surface area contributed by atoms with Crippen molar-refractivity contribution in [1.29, 1.82) is 0 Å². The zero-order valence-corrected chi connectivity index (χ0v) is 10.1. The fraction of sp³-hybridized carbons (Fsp3) is 0.818. The molecule has 0 aliphatic carbocycles. The third kappa shape index (κ3) is 3.90. The average molecular weight is 216 g/mol. The van der Waals surface area contributed by atoms with Gasteiger partial charge in [-0.3, -0.25) is 9.59 Å². The molecule has 0 aromatic rings. The molecule has 4 nitrogen and oxygen atoms in total. The minimum Gasteiger partial charge on any atom is -0.481 e. The Kier molecular flexibility index (Phi) is 4.31. The Morgan fingerprint density at radius 1 is 1.13 bits per heavy atom. The van der Waals surface area contributed by atoms with E-state index in [1.165, 1.54) is 0 Å². The van der Waals surface area contributed by atoms with E-state index in [1.807, 2.05) is 0 Å². The second kappa shape index (κ2) is 4.64. The van der Waals surface area contributed by atoms with E-state index < -0.39 is 16.8 Å². The number of carbonyl (C=O) groups excluding carboxylic acids is 1. The predicted octanol–water partition coefficient (Wildman–Crippen LogP) is 2.08. The average Bonchev–Trinajstić information content (AvgIpc) is 2.02. The van der Waals surface area contributed by atoms with Gasteiger partial charge in [-0.2, -0.15) is 0 Å². The first kappa shape index (κ1) is 13.9. The van der Waals surface area contributed by atoms with Gasteiger partial charge in [-0.25, -0.2) is 0 Å². The molecule has 0 unspecified atom stereocenters. The SMILES string of the molecule is CCOC(=O)C(C)(C)CC(C)(C)C(=O)O. The second-order valence-corrected chi connectivity index (χ2v) is 4.97. The topological polar surface area (TPSA) is 63.6 Å². The lowest BCUT2D eigenvalue weighted by molar-refractivity contribution is -0.158. The van der Waals surface area contributed by atoms with Crippen LogP contribution in [0.25, 0.3) is 0 Å². The Morgan fingerprint density at radius 3 is 1.93 bits per heavy atom. The molecule has 15 heavy (non-hydrogen) atoms. The summed E-state index contributed by atoms with van der Waals surface area (Å²) in [4.78, 5) is 22.5. The summed E-state index contributed by atoms with van der Waals surface area (Å²) in [6, 6.07) is 0. The fourth-order valence-corrected chi connectivity index (χ4v) is 1.58. The maximum Gasteiger partial charge on any atom is 0.311 e. The largest absolute Gasteiger partial charge is 0.481 e. The number of hydrogen-bond acceptors (Lipinski definition) is 3. The number of ether oxygens (including phenoxy) is 1. The van der Waals surface area contributed by atoms with Gasteiger partial charge in [0.05, 0.1) is 17.4 Å². The van der Waals surface area contributed by atoms with Crippen LogP contribution in [0.2, 0.25) is 0 Å². The molecule has 0 amide bonds. The van der Waals surface area contributed by atoms with Crippen LogP contribution in [0.4, 0.5) is 0 Å². The molecular weight excluding hydrogens is 196 g/mol. The van der Waals surface area contributed by atoms with E-state index >= 15 is 0 Å². The van der Waals surface area contributed by atoms with Crippen molar-refractivity contribution >= 4 is 11.9 Å². The molecule has 1 N–H and O–H groups in total. The second-order valence-electron chi connectivity index (χ2n) is 4.97. The zero-order chi connectivity index (χ0) is 12.3. The van der Waals surface area contributed by atoms with Crippen LogP contribution in [-0.4, -0.2) is 23.7 Å². The first-order valence-electron chi connectivity index (χ1n) is 5.04. The zero-order valence-electron chi connectivity index (χ0n) is 10.1. The number of carboxylic acids is 1. The summed E-state index contributed by atoms with van der Waals surface area (Å²) in [5, 5.41) is 8.96. The quantitative estimate of drug-likeness (QED) is 0.714. The Labute approximate surface area is 90.6 Å². The summed E-state index contributed by atoms with van der Waals surface area (Å²) in [6.45, 7) is 8.67. The van der Waals surface area contributed by atoms with E-state index in [2.05, 4.69) is 0 Å². The van der Waals surface area contributed by atoms with Gasteiger partial charge in [0.2, 0.25) is 0 Å². The third-order valence-electron chi connectivity index (χ3n) is 2.29. The Bertz CT molecular complexity index is 253. The van der Waals surface area contributed by atoms with Crippen LogP contribution in [0, 0.1) is 10.8 Å². The smallest absolute Gasteiger partial charge is 0.311 e. The molecule has 0 radical (unpaired) electrons. The van der Waals surface area contributed by atoms with Crippen molar-refractivity contribution in [3.63, 3.8) is 0 Å². The van der Waals surface area contributed by atoms with Crippen LogP contribution >= 0.6 is 0 Å². The van der Waals surface area contributed by atoms with E-state index in [4.69, 9.17) is 9.84 Å². The number of carboxylic acid groups (broad SMARTS) is 1. The fourth-order valence-electron chi connectivity index (χ4n) is 1.58. The van der Waals surface area contributed by atoms with Gasteiger partial charge < -0.3 is 9.84 Å². The van der Waals surface area contributed by atoms with Crippen molar-refractivity contribution in [2.24, 2.45) is 10.8 Å². The van der Waals surface area contributed by atoms with Crippen molar-refractivity contribution in [3.05, 3.63) is 0 Å². The van der Waals surface area contributed by atoms with E-state index in [9.17, 15) is 9.59 Å². The van der Waals surface area contributed by atoms with Gasteiger partial charge in [0.1, 0.15) is 0 Å². The van der Waals surface area contributed by atoms with Crippen molar-refractivity contribution in [2.45, 2.75) is 41.0 Å². The summed E-state index contributed by atoms with van der Waals surface area (Å²) in [5.74, 6) is -1.25. The van der Waals surface area contributed by atoms with Gasteiger partial charge in [-0.1, -0.05) is 0 Å². The lowest BCUT2D eigenvalue weighted by atomic mass is 9.75. The van der Waals surface area contributed by atoms with Crippen LogP contribution < -0.4 is 0 Å². The number of carbonyl (C=O) groups is 2. The van der Waals surface area contributed by atoms with Crippen molar-refractivity contribution in [3.8, 4) is 0 Å². The van der Waals surface area contributed by atoms with E-state index in [0.717, 1.165) is 0 Å². The molecule has 0 saturated heterocycles. The van der Waals surface area contributed by atoms with Crippen LogP contribution in [-0.2, 0) is 14.3 Å². The lowest BCUT2D eigenvalue weighted by Gasteiger charge is -2.29. The predicted molar refractivity (Wildman–Crippen MR) is 56.4 cm³/mol.